The minimum atomic E-state index is -0.00237. The lowest BCUT2D eigenvalue weighted by atomic mass is 10.1. The molecule has 0 unspecified atom stereocenters. The number of hydrogen-bond acceptors (Lipinski definition) is 7. The molecule has 0 saturated carbocycles. The lowest BCUT2D eigenvalue weighted by Crippen LogP contribution is -2.49. The lowest BCUT2D eigenvalue weighted by molar-refractivity contribution is 0.0746. The highest BCUT2D eigenvalue weighted by molar-refractivity contribution is 5.95. The van der Waals surface area contributed by atoms with Gasteiger partial charge in [-0.2, -0.15) is 0 Å². The molecule has 4 heterocycles. The van der Waals surface area contributed by atoms with Crippen LogP contribution in [0.5, 0.6) is 11.5 Å². The molecule has 138 valence electrons. The van der Waals surface area contributed by atoms with Crippen LogP contribution >= 0.6 is 0 Å². The van der Waals surface area contributed by atoms with Crippen molar-refractivity contribution in [1.82, 2.24) is 24.5 Å². The number of benzene rings is 1. The molecular formula is C18H18N6O3. The van der Waals surface area contributed by atoms with Gasteiger partial charge in [0.1, 0.15) is 5.82 Å². The number of fused-ring (bicyclic) bond motifs is 2. The first kappa shape index (κ1) is 15.9. The number of rotatable bonds is 2. The fourth-order valence-corrected chi connectivity index (χ4v) is 3.49. The number of nitrogens with zero attached hydrogens (tertiary/aromatic N) is 6. The highest BCUT2D eigenvalue weighted by Gasteiger charge is 2.26. The van der Waals surface area contributed by atoms with E-state index in [1.54, 1.807) is 24.4 Å². The lowest BCUT2D eigenvalue weighted by Gasteiger charge is -2.35. The van der Waals surface area contributed by atoms with E-state index in [-0.39, 0.29) is 12.7 Å². The number of aryl methyl sites for hydroxylation is 1. The standard InChI is InChI=1S/C18H18N6O3/c1-12-20-21-17-16(19-4-5-24(12)17)22-6-8-23(9-7-22)18(25)13-2-3-14-15(10-13)27-11-26-14/h2-5,10H,6-9,11H2,1H3. The average molecular weight is 366 g/mol. The molecule has 0 atom stereocenters. The quantitative estimate of drug-likeness (QED) is 0.672. The summed E-state index contributed by atoms with van der Waals surface area (Å²) < 4.78 is 12.6. The zero-order valence-corrected chi connectivity index (χ0v) is 14.8. The second-order valence-corrected chi connectivity index (χ2v) is 6.54. The number of ether oxygens (including phenoxy) is 2. The van der Waals surface area contributed by atoms with Gasteiger partial charge < -0.3 is 19.3 Å². The molecule has 1 amide bonds. The summed E-state index contributed by atoms with van der Waals surface area (Å²) in [4.78, 5) is 21.3. The number of aromatic nitrogens is 4. The Hall–Kier alpha value is -3.36. The van der Waals surface area contributed by atoms with Gasteiger partial charge in [0.2, 0.25) is 12.4 Å². The van der Waals surface area contributed by atoms with Crippen molar-refractivity contribution in [2.24, 2.45) is 0 Å². The molecule has 1 aromatic carbocycles. The number of piperazine rings is 1. The molecule has 0 spiro atoms. The van der Waals surface area contributed by atoms with Crippen molar-refractivity contribution >= 4 is 17.4 Å². The maximum absolute atomic E-state index is 12.8. The first-order chi connectivity index (χ1) is 13.2. The fraction of sp³-hybridized carbons (Fsp3) is 0.333. The van der Waals surface area contributed by atoms with E-state index < -0.39 is 0 Å². The largest absolute Gasteiger partial charge is 0.454 e. The molecule has 0 bridgehead atoms. The summed E-state index contributed by atoms with van der Waals surface area (Å²) in [7, 11) is 0. The van der Waals surface area contributed by atoms with E-state index in [2.05, 4.69) is 20.1 Å². The summed E-state index contributed by atoms with van der Waals surface area (Å²) in [6.07, 6.45) is 3.61. The van der Waals surface area contributed by atoms with Crippen molar-refractivity contribution in [3.05, 3.63) is 42.0 Å². The van der Waals surface area contributed by atoms with Gasteiger partial charge >= 0.3 is 0 Å². The van der Waals surface area contributed by atoms with Crippen LogP contribution in [0.2, 0.25) is 0 Å². The Kier molecular flexibility index (Phi) is 3.59. The van der Waals surface area contributed by atoms with Crippen molar-refractivity contribution < 1.29 is 14.3 Å². The van der Waals surface area contributed by atoms with Gasteiger partial charge in [0.15, 0.2) is 17.3 Å². The van der Waals surface area contributed by atoms with Gasteiger partial charge in [-0.05, 0) is 25.1 Å². The van der Waals surface area contributed by atoms with E-state index in [0.717, 1.165) is 17.3 Å². The Morgan fingerprint density at radius 3 is 2.74 bits per heavy atom. The molecule has 5 rings (SSSR count). The van der Waals surface area contributed by atoms with E-state index in [1.165, 1.54) is 0 Å². The maximum Gasteiger partial charge on any atom is 0.254 e. The zero-order valence-electron chi connectivity index (χ0n) is 14.8. The summed E-state index contributed by atoms with van der Waals surface area (Å²) in [5, 5.41) is 8.35. The second-order valence-electron chi connectivity index (χ2n) is 6.54. The van der Waals surface area contributed by atoms with Crippen LogP contribution in [-0.4, -0.2) is 63.4 Å². The summed E-state index contributed by atoms with van der Waals surface area (Å²) in [6.45, 7) is 4.72. The van der Waals surface area contributed by atoms with Crippen molar-refractivity contribution in [1.29, 1.82) is 0 Å². The Morgan fingerprint density at radius 2 is 1.89 bits per heavy atom. The number of anilines is 1. The van der Waals surface area contributed by atoms with Gasteiger partial charge in [-0.3, -0.25) is 9.20 Å². The predicted octanol–water partition coefficient (Wildman–Crippen LogP) is 1.12. The molecule has 27 heavy (non-hydrogen) atoms. The summed E-state index contributed by atoms with van der Waals surface area (Å²) >= 11 is 0. The van der Waals surface area contributed by atoms with Crippen LogP contribution in [0.25, 0.3) is 5.65 Å². The van der Waals surface area contributed by atoms with E-state index in [0.29, 0.717) is 43.2 Å². The van der Waals surface area contributed by atoms with Crippen LogP contribution in [0.15, 0.2) is 30.6 Å². The Balaban J connectivity index is 1.32. The monoisotopic (exact) mass is 366 g/mol. The molecule has 0 N–H and O–H groups in total. The number of amides is 1. The molecule has 9 nitrogen and oxygen atoms in total. The molecule has 2 aliphatic rings. The minimum Gasteiger partial charge on any atom is -0.454 e. The van der Waals surface area contributed by atoms with Gasteiger partial charge in [-0.25, -0.2) is 4.98 Å². The molecule has 0 aliphatic carbocycles. The molecule has 0 radical (unpaired) electrons. The van der Waals surface area contributed by atoms with E-state index >= 15 is 0 Å². The maximum atomic E-state index is 12.8. The minimum absolute atomic E-state index is 0.00237. The molecular weight excluding hydrogens is 348 g/mol. The second kappa shape index (κ2) is 6.11. The van der Waals surface area contributed by atoms with E-state index in [9.17, 15) is 4.79 Å². The summed E-state index contributed by atoms with van der Waals surface area (Å²) in [5.41, 5.74) is 1.35. The van der Waals surface area contributed by atoms with Crippen LogP contribution < -0.4 is 14.4 Å². The normalized spacial score (nSPS) is 16.2. The molecule has 1 saturated heterocycles. The highest BCUT2D eigenvalue weighted by atomic mass is 16.7. The number of hydrogen-bond donors (Lipinski definition) is 0. The van der Waals surface area contributed by atoms with Crippen LogP contribution in [0.4, 0.5) is 5.82 Å². The van der Waals surface area contributed by atoms with Gasteiger partial charge in [0.25, 0.3) is 5.91 Å². The Morgan fingerprint density at radius 1 is 1.07 bits per heavy atom. The van der Waals surface area contributed by atoms with Crippen molar-refractivity contribution in [2.75, 3.05) is 37.9 Å². The van der Waals surface area contributed by atoms with Crippen molar-refractivity contribution in [2.45, 2.75) is 6.92 Å². The van der Waals surface area contributed by atoms with E-state index in [1.807, 2.05) is 22.4 Å². The van der Waals surface area contributed by atoms with Crippen LogP contribution in [-0.2, 0) is 0 Å². The molecule has 2 aliphatic heterocycles. The highest BCUT2D eigenvalue weighted by Crippen LogP contribution is 2.33. The first-order valence-corrected chi connectivity index (χ1v) is 8.81. The van der Waals surface area contributed by atoms with Crippen LogP contribution in [0.1, 0.15) is 16.2 Å². The van der Waals surface area contributed by atoms with Crippen LogP contribution in [0, 0.1) is 6.92 Å². The van der Waals surface area contributed by atoms with Gasteiger partial charge in [0, 0.05) is 44.1 Å². The predicted molar refractivity (Wildman–Crippen MR) is 96.2 cm³/mol. The molecule has 1 fully saturated rings. The van der Waals surface area contributed by atoms with Gasteiger partial charge in [-0.15, -0.1) is 10.2 Å². The third-order valence-corrected chi connectivity index (χ3v) is 4.96. The topological polar surface area (TPSA) is 85.1 Å². The van der Waals surface area contributed by atoms with Gasteiger partial charge in [-0.1, -0.05) is 0 Å². The van der Waals surface area contributed by atoms with Gasteiger partial charge in [0.05, 0.1) is 0 Å². The fourth-order valence-electron chi connectivity index (χ4n) is 3.49. The summed E-state index contributed by atoms with van der Waals surface area (Å²) in [5.74, 6) is 2.92. The molecule has 2 aromatic heterocycles. The smallest absolute Gasteiger partial charge is 0.254 e. The van der Waals surface area contributed by atoms with E-state index in [4.69, 9.17) is 9.47 Å². The van der Waals surface area contributed by atoms with Crippen molar-refractivity contribution in [3.63, 3.8) is 0 Å². The summed E-state index contributed by atoms with van der Waals surface area (Å²) in [6, 6.07) is 5.31. The average Bonchev–Trinajstić information content (AvgIpc) is 3.33. The Labute approximate surface area is 155 Å². The SMILES string of the molecule is Cc1nnc2c(N3CCN(C(=O)c4ccc5c(c4)OCO5)CC3)nccn12. The van der Waals surface area contributed by atoms with Crippen LogP contribution in [0.3, 0.4) is 0 Å². The third kappa shape index (κ3) is 2.62. The molecule has 3 aromatic rings. The third-order valence-electron chi connectivity index (χ3n) is 4.96. The number of carbonyl (C=O) groups excluding carboxylic acids is 1. The zero-order chi connectivity index (χ0) is 18.4. The first-order valence-electron chi connectivity index (χ1n) is 8.81. The number of carbonyl (C=O) groups is 1. The molecule has 9 heteroatoms. The van der Waals surface area contributed by atoms with Crippen molar-refractivity contribution in [3.8, 4) is 11.5 Å². The Bertz CT molecular complexity index is 1030.